The number of carbonyl (C=O) groups is 1. The van der Waals surface area contributed by atoms with Crippen LogP contribution in [0.4, 0.5) is 13.2 Å². The third kappa shape index (κ3) is 8.27. The highest BCUT2D eigenvalue weighted by molar-refractivity contribution is 14.0. The fraction of sp³-hybridized carbons (Fsp3) is 0.333. The van der Waals surface area contributed by atoms with Gasteiger partial charge in [0.05, 0.1) is 12.7 Å². The molecule has 0 aliphatic carbocycles. The molecule has 0 aliphatic rings. The maximum absolute atomic E-state index is 12.7. The fourth-order valence-electron chi connectivity index (χ4n) is 2.75. The van der Waals surface area contributed by atoms with Crippen LogP contribution in [0.1, 0.15) is 21.5 Å². The first kappa shape index (κ1) is 26.5. The number of hydrogen-bond acceptors (Lipinski definition) is 3. The molecule has 2 rings (SSSR count). The van der Waals surface area contributed by atoms with Crippen molar-refractivity contribution in [2.45, 2.75) is 12.7 Å². The highest BCUT2D eigenvalue weighted by Crippen LogP contribution is 2.29. The van der Waals surface area contributed by atoms with Crippen LogP contribution in [-0.2, 0) is 12.7 Å². The Balaban J connectivity index is 0.00000480. The van der Waals surface area contributed by atoms with Crippen molar-refractivity contribution < 1.29 is 22.7 Å². The summed E-state index contributed by atoms with van der Waals surface area (Å²) in [6.45, 7) is 1.18. The van der Waals surface area contributed by atoms with Gasteiger partial charge >= 0.3 is 6.18 Å². The van der Waals surface area contributed by atoms with Gasteiger partial charge in [-0.25, -0.2) is 0 Å². The third-order valence-corrected chi connectivity index (χ3v) is 4.30. The lowest BCUT2D eigenvalue weighted by atomic mass is 10.1. The van der Waals surface area contributed by atoms with E-state index < -0.39 is 11.7 Å². The summed E-state index contributed by atoms with van der Waals surface area (Å²) in [7, 11) is 4.93. The number of methoxy groups -OCH3 is 1. The molecule has 0 aliphatic heterocycles. The van der Waals surface area contributed by atoms with Crippen molar-refractivity contribution >= 4 is 35.8 Å². The highest BCUT2D eigenvalue weighted by Gasteiger charge is 2.29. The zero-order chi connectivity index (χ0) is 22.1. The number of ether oxygens (including phenoxy) is 1. The second kappa shape index (κ2) is 12.4. The van der Waals surface area contributed by atoms with Crippen LogP contribution in [0.2, 0.25) is 0 Å². The number of amides is 1. The molecular formula is C21H26F3IN4O2. The van der Waals surface area contributed by atoms with Crippen molar-refractivity contribution in [3.63, 3.8) is 0 Å². The number of hydrogen-bond donors (Lipinski definition) is 2. The molecule has 0 fully saturated rings. The molecule has 0 aromatic heterocycles. The molecule has 31 heavy (non-hydrogen) atoms. The first-order valence-corrected chi connectivity index (χ1v) is 9.24. The van der Waals surface area contributed by atoms with Gasteiger partial charge in [-0.05, 0) is 35.9 Å². The van der Waals surface area contributed by atoms with Crippen LogP contribution in [0.25, 0.3) is 0 Å². The maximum atomic E-state index is 12.7. The lowest BCUT2D eigenvalue weighted by molar-refractivity contribution is -0.137. The van der Waals surface area contributed by atoms with Gasteiger partial charge in [-0.1, -0.05) is 18.2 Å². The number of alkyl halides is 3. The van der Waals surface area contributed by atoms with Gasteiger partial charge in [0, 0.05) is 39.3 Å². The largest absolute Gasteiger partial charge is 0.497 e. The first-order chi connectivity index (χ1) is 14.2. The summed E-state index contributed by atoms with van der Waals surface area (Å²) >= 11 is 0. The molecule has 0 saturated heterocycles. The van der Waals surface area contributed by atoms with Crippen LogP contribution in [0, 0.1) is 0 Å². The van der Waals surface area contributed by atoms with Crippen molar-refractivity contribution in [1.29, 1.82) is 0 Å². The van der Waals surface area contributed by atoms with Gasteiger partial charge in [0.2, 0.25) is 0 Å². The molecule has 0 spiro atoms. The van der Waals surface area contributed by atoms with E-state index in [0.717, 1.165) is 17.7 Å². The molecule has 6 nitrogen and oxygen atoms in total. The summed E-state index contributed by atoms with van der Waals surface area (Å²) in [5.41, 5.74) is 0.543. The van der Waals surface area contributed by atoms with Gasteiger partial charge in [0.25, 0.3) is 5.91 Å². The van der Waals surface area contributed by atoms with E-state index in [1.807, 2.05) is 0 Å². The van der Waals surface area contributed by atoms with Crippen molar-refractivity contribution in [2.75, 3.05) is 34.3 Å². The van der Waals surface area contributed by atoms with Crippen LogP contribution in [-0.4, -0.2) is 51.1 Å². The minimum atomic E-state index is -4.35. The van der Waals surface area contributed by atoms with Crippen LogP contribution >= 0.6 is 24.0 Å². The Morgan fingerprint density at radius 1 is 1.10 bits per heavy atom. The average molecular weight is 550 g/mol. The summed E-state index contributed by atoms with van der Waals surface area (Å²) < 4.78 is 43.1. The smallest absolute Gasteiger partial charge is 0.416 e. The van der Waals surface area contributed by atoms with Gasteiger partial charge in [0.15, 0.2) is 5.96 Å². The number of rotatable bonds is 7. The van der Waals surface area contributed by atoms with E-state index in [1.54, 1.807) is 43.3 Å². The SMILES string of the molecule is CN=C(NCCNC(=O)c1cccc(OC)c1)N(C)Cc1ccc(C(F)(F)F)cc1.I. The first-order valence-electron chi connectivity index (χ1n) is 9.24. The minimum absolute atomic E-state index is 0. The second-order valence-corrected chi connectivity index (χ2v) is 6.51. The van der Waals surface area contributed by atoms with E-state index in [1.165, 1.54) is 19.2 Å². The standard InChI is InChI=1S/C21H25F3N4O2.HI/c1-25-20(28(2)14-15-7-9-17(10-8-15)21(22,23)24)27-12-11-26-19(29)16-5-4-6-18(13-16)30-3;/h4-10,13H,11-12,14H2,1-3H3,(H,25,27)(H,26,29);1H. The van der Waals surface area contributed by atoms with E-state index in [2.05, 4.69) is 15.6 Å². The minimum Gasteiger partial charge on any atom is -0.497 e. The Morgan fingerprint density at radius 3 is 2.32 bits per heavy atom. The topological polar surface area (TPSA) is 66.0 Å². The van der Waals surface area contributed by atoms with Crippen molar-refractivity contribution in [3.05, 3.63) is 65.2 Å². The van der Waals surface area contributed by atoms with Gasteiger partial charge in [-0.2, -0.15) is 13.2 Å². The van der Waals surface area contributed by atoms with E-state index in [-0.39, 0.29) is 29.9 Å². The van der Waals surface area contributed by atoms with Crippen molar-refractivity contribution in [3.8, 4) is 5.75 Å². The monoisotopic (exact) mass is 550 g/mol. The summed E-state index contributed by atoms with van der Waals surface area (Å²) in [5, 5.41) is 5.91. The van der Waals surface area contributed by atoms with Crippen LogP contribution in [0.15, 0.2) is 53.5 Å². The molecule has 0 heterocycles. The summed E-state index contributed by atoms with van der Waals surface area (Å²) in [6, 6.07) is 11.9. The molecular weight excluding hydrogens is 524 g/mol. The Labute approximate surface area is 196 Å². The Bertz CT molecular complexity index is 874. The second-order valence-electron chi connectivity index (χ2n) is 6.51. The number of carbonyl (C=O) groups excluding carboxylic acids is 1. The fourth-order valence-corrected chi connectivity index (χ4v) is 2.75. The Hall–Kier alpha value is -2.50. The lowest BCUT2D eigenvalue weighted by Crippen LogP contribution is -2.42. The zero-order valence-electron chi connectivity index (χ0n) is 17.5. The molecule has 2 aromatic rings. The van der Waals surface area contributed by atoms with E-state index in [0.29, 0.717) is 36.9 Å². The van der Waals surface area contributed by atoms with Crippen LogP contribution < -0.4 is 15.4 Å². The van der Waals surface area contributed by atoms with Crippen molar-refractivity contribution in [1.82, 2.24) is 15.5 Å². The average Bonchev–Trinajstić information content (AvgIpc) is 2.73. The van der Waals surface area contributed by atoms with Gasteiger partial charge in [-0.3, -0.25) is 9.79 Å². The number of nitrogens with one attached hydrogen (secondary N) is 2. The molecule has 2 aromatic carbocycles. The highest BCUT2D eigenvalue weighted by atomic mass is 127. The van der Waals surface area contributed by atoms with E-state index in [4.69, 9.17) is 4.74 Å². The molecule has 1 amide bonds. The van der Waals surface area contributed by atoms with Crippen molar-refractivity contribution in [2.24, 2.45) is 4.99 Å². The molecule has 0 unspecified atom stereocenters. The normalized spacial score (nSPS) is 11.4. The molecule has 0 bridgehead atoms. The number of guanidine groups is 1. The predicted octanol–water partition coefficient (Wildman–Crippen LogP) is 3.77. The molecule has 10 heteroatoms. The summed E-state index contributed by atoms with van der Waals surface area (Å²) in [6.07, 6.45) is -4.35. The number of aliphatic imine (C=N–C) groups is 1. The quantitative estimate of drug-likeness (QED) is 0.239. The Kier molecular flexibility index (Phi) is 10.6. The zero-order valence-corrected chi connectivity index (χ0v) is 19.8. The molecule has 0 saturated carbocycles. The Morgan fingerprint density at radius 2 is 1.74 bits per heavy atom. The van der Waals surface area contributed by atoms with Crippen LogP contribution in [0.3, 0.4) is 0 Å². The molecule has 170 valence electrons. The molecule has 0 atom stereocenters. The maximum Gasteiger partial charge on any atom is 0.416 e. The molecule has 0 radical (unpaired) electrons. The summed E-state index contributed by atoms with van der Waals surface area (Å²) in [5.74, 6) is 0.945. The van der Waals surface area contributed by atoms with E-state index in [9.17, 15) is 18.0 Å². The van der Waals surface area contributed by atoms with Crippen LogP contribution in [0.5, 0.6) is 5.75 Å². The van der Waals surface area contributed by atoms with E-state index >= 15 is 0 Å². The number of halogens is 4. The lowest BCUT2D eigenvalue weighted by Gasteiger charge is -2.22. The third-order valence-electron chi connectivity index (χ3n) is 4.30. The van der Waals surface area contributed by atoms with Gasteiger partial charge in [0.1, 0.15) is 5.75 Å². The summed E-state index contributed by atoms with van der Waals surface area (Å²) in [4.78, 5) is 18.1. The molecule has 2 N–H and O–H groups in total. The number of benzene rings is 2. The van der Waals surface area contributed by atoms with Gasteiger partial charge in [-0.15, -0.1) is 24.0 Å². The predicted molar refractivity (Wildman–Crippen MR) is 125 cm³/mol. The van der Waals surface area contributed by atoms with Gasteiger partial charge < -0.3 is 20.3 Å². The number of nitrogens with zero attached hydrogens (tertiary/aromatic N) is 2.